The minimum absolute atomic E-state index is 0.0354. The zero-order chi connectivity index (χ0) is 12.1. The molecule has 0 fully saturated rings. The number of thiazole rings is 1. The van der Waals surface area contributed by atoms with Crippen molar-refractivity contribution in [2.75, 3.05) is 0 Å². The Hall–Kier alpha value is -1.41. The van der Waals surface area contributed by atoms with Gasteiger partial charge in [0.05, 0.1) is 17.6 Å². The van der Waals surface area contributed by atoms with Crippen LogP contribution in [0, 0.1) is 30.1 Å². The SMILES string of the molecule is Cc1ncc(CNC(=O)C(C#N)C(C)C)s1. The monoisotopic (exact) mass is 237 g/mol. The van der Waals surface area contributed by atoms with Crippen molar-refractivity contribution < 1.29 is 4.79 Å². The molecule has 1 heterocycles. The van der Waals surface area contributed by atoms with Crippen LogP contribution >= 0.6 is 11.3 Å². The van der Waals surface area contributed by atoms with Crippen LogP contribution in [-0.4, -0.2) is 10.9 Å². The summed E-state index contributed by atoms with van der Waals surface area (Å²) in [5, 5.41) is 12.6. The molecular formula is C11H15N3OS. The van der Waals surface area contributed by atoms with E-state index in [0.29, 0.717) is 6.54 Å². The largest absolute Gasteiger partial charge is 0.350 e. The predicted octanol–water partition coefficient (Wildman–Crippen LogP) is 1.86. The summed E-state index contributed by atoms with van der Waals surface area (Å²) in [6.45, 7) is 6.10. The Kier molecular flexibility index (Phi) is 4.44. The third kappa shape index (κ3) is 3.31. The molecule has 0 bridgehead atoms. The lowest BCUT2D eigenvalue weighted by Crippen LogP contribution is -2.32. The van der Waals surface area contributed by atoms with E-state index in [0.717, 1.165) is 9.88 Å². The molecule has 0 aliphatic carbocycles. The number of amides is 1. The van der Waals surface area contributed by atoms with Gasteiger partial charge < -0.3 is 5.32 Å². The van der Waals surface area contributed by atoms with Gasteiger partial charge in [-0.3, -0.25) is 4.79 Å². The lowest BCUT2D eigenvalue weighted by Gasteiger charge is -2.12. The molecule has 86 valence electrons. The summed E-state index contributed by atoms with van der Waals surface area (Å²) in [6, 6.07) is 2.02. The number of nitrogens with one attached hydrogen (secondary N) is 1. The third-order valence-corrected chi connectivity index (χ3v) is 3.11. The second kappa shape index (κ2) is 5.61. The molecular weight excluding hydrogens is 222 g/mol. The molecule has 0 aromatic carbocycles. The first kappa shape index (κ1) is 12.7. The maximum Gasteiger partial charge on any atom is 0.237 e. The van der Waals surface area contributed by atoms with Gasteiger partial charge in [0.25, 0.3) is 0 Å². The number of rotatable bonds is 4. The summed E-state index contributed by atoms with van der Waals surface area (Å²) in [7, 11) is 0. The highest BCUT2D eigenvalue weighted by molar-refractivity contribution is 7.11. The molecule has 1 rings (SSSR count). The van der Waals surface area contributed by atoms with Gasteiger partial charge in [0.15, 0.2) is 0 Å². The van der Waals surface area contributed by atoms with Crippen molar-refractivity contribution in [3.8, 4) is 6.07 Å². The lowest BCUT2D eigenvalue weighted by molar-refractivity contribution is -0.124. The summed E-state index contributed by atoms with van der Waals surface area (Å²) < 4.78 is 0. The van der Waals surface area contributed by atoms with Crippen LogP contribution in [0.1, 0.15) is 23.7 Å². The Balaban J connectivity index is 2.50. The van der Waals surface area contributed by atoms with Crippen LogP contribution in [0.2, 0.25) is 0 Å². The number of hydrogen-bond donors (Lipinski definition) is 1. The molecule has 0 saturated heterocycles. The Morgan fingerprint density at radius 3 is 2.81 bits per heavy atom. The Morgan fingerprint density at radius 2 is 2.38 bits per heavy atom. The second-order valence-electron chi connectivity index (χ2n) is 3.91. The summed E-state index contributed by atoms with van der Waals surface area (Å²) in [6.07, 6.45) is 1.75. The second-order valence-corrected chi connectivity index (χ2v) is 5.23. The number of carbonyl (C=O) groups excluding carboxylic acids is 1. The van der Waals surface area contributed by atoms with E-state index in [9.17, 15) is 4.79 Å². The van der Waals surface area contributed by atoms with Gasteiger partial charge in [-0.15, -0.1) is 11.3 Å². The van der Waals surface area contributed by atoms with E-state index in [1.54, 1.807) is 17.5 Å². The summed E-state index contributed by atoms with van der Waals surface area (Å²) >= 11 is 1.55. The van der Waals surface area contributed by atoms with Crippen molar-refractivity contribution in [2.45, 2.75) is 27.3 Å². The first-order valence-corrected chi connectivity index (χ1v) is 5.95. The van der Waals surface area contributed by atoms with Gasteiger partial charge in [0, 0.05) is 11.1 Å². The van der Waals surface area contributed by atoms with Gasteiger partial charge in [-0.2, -0.15) is 5.26 Å². The van der Waals surface area contributed by atoms with E-state index in [1.165, 1.54) is 0 Å². The highest BCUT2D eigenvalue weighted by Crippen LogP contribution is 2.13. The lowest BCUT2D eigenvalue weighted by atomic mass is 9.97. The van der Waals surface area contributed by atoms with Crippen LogP contribution in [0.25, 0.3) is 0 Å². The van der Waals surface area contributed by atoms with E-state index in [1.807, 2.05) is 26.8 Å². The van der Waals surface area contributed by atoms with E-state index in [2.05, 4.69) is 10.3 Å². The molecule has 4 nitrogen and oxygen atoms in total. The molecule has 1 N–H and O–H groups in total. The Bertz CT molecular complexity index is 406. The molecule has 1 amide bonds. The first-order chi connectivity index (χ1) is 7.54. The Morgan fingerprint density at radius 1 is 1.69 bits per heavy atom. The van der Waals surface area contributed by atoms with Gasteiger partial charge in [-0.1, -0.05) is 13.8 Å². The van der Waals surface area contributed by atoms with E-state index in [4.69, 9.17) is 5.26 Å². The average Bonchev–Trinajstić information content (AvgIpc) is 2.62. The van der Waals surface area contributed by atoms with Crippen LogP contribution in [0.5, 0.6) is 0 Å². The number of hydrogen-bond acceptors (Lipinski definition) is 4. The van der Waals surface area contributed by atoms with Crippen molar-refractivity contribution in [1.82, 2.24) is 10.3 Å². The van der Waals surface area contributed by atoms with E-state index < -0.39 is 5.92 Å². The van der Waals surface area contributed by atoms with Crippen molar-refractivity contribution in [1.29, 1.82) is 5.26 Å². The zero-order valence-electron chi connectivity index (χ0n) is 9.65. The maximum absolute atomic E-state index is 11.6. The molecule has 1 unspecified atom stereocenters. The number of nitrogens with zero attached hydrogens (tertiary/aromatic N) is 2. The fourth-order valence-electron chi connectivity index (χ4n) is 1.28. The average molecular weight is 237 g/mol. The van der Waals surface area contributed by atoms with Gasteiger partial charge in [-0.05, 0) is 12.8 Å². The molecule has 0 radical (unpaired) electrons. The molecule has 1 atom stereocenters. The van der Waals surface area contributed by atoms with Crippen LogP contribution < -0.4 is 5.32 Å². The predicted molar refractivity (Wildman–Crippen MR) is 62.6 cm³/mol. The highest BCUT2D eigenvalue weighted by atomic mass is 32.1. The maximum atomic E-state index is 11.6. The first-order valence-electron chi connectivity index (χ1n) is 5.13. The van der Waals surface area contributed by atoms with Crippen LogP contribution in [0.15, 0.2) is 6.20 Å². The highest BCUT2D eigenvalue weighted by Gasteiger charge is 2.21. The van der Waals surface area contributed by atoms with Gasteiger partial charge in [0.2, 0.25) is 5.91 Å². The number of carbonyl (C=O) groups is 1. The summed E-state index contributed by atoms with van der Waals surface area (Å²) in [5.41, 5.74) is 0. The van der Waals surface area contributed by atoms with E-state index in [-0.39, 0.29) is 11.8 Å². The molecule has 0 aliphatic heterocycles. The molecule has 5 heteroatoms. The third-order valence-electron chi connectivity index (χ3n) is 2.19. The fourth-order valence-corrected chi connectivity index (χ4v) is 2.02. The van der Waals surface area contributed by atoms with Crippen molar-refractivity contribution in [3.05, 3.63) is 16.1 Å². The van der Waals surface area contributed by atoms with Crippen LogP contribution in [0.3, 0.4) is 0 Å². The van der Waals surface area contributed by atoms with Gasteiger partial charge in [0.1, 0.15) is 5.92 Å². The molecule has 0 spiro atoms. The summed E-state index contributed by atoms with van der Waals surface area (Å²) in [5.74, 6) is -0.745. The topological polar surface area (TPSA) is 65.8 Å². The van der Waals surface area contributed by atoms with E-state index >= 15 is 0 Å². The summed E-state index contributed by atoms with van der Waals surface area (Å²) in [4.78, 5) is 16.7. The van der Waals surface area contributed by atoms with Crippen LogP contribution in [0.4, 0.5) is 0 Å². The standard InChI is InChI=1S/C11H15N3OS/c1-7(2)10(4-12)11(15)14-6-9-5-13-8(3)16-9/h5,7,10H,6H2,1-3H3,(H,14,15). The number of nitriles is 1. The van der Waals surface area contributed by atoms with Crippen molar-refractivity contribution >= 4 is 17.2 Å². The molecule has 16 heavy (non-hydrogen) atoms. The van der Waals surface area contributed by atoms with Gasteiger partial charge in [-0.25, -0.2) is 4.98 Å². The Labute approximate surface area is 99.3 Å². The van der Waals surface area contributed by atoms with Gasteiger partial charge >= 0.3 is 0 Å². The zero-order valence-corrected chi connectivity index (χ0v) is 10.5. The quantitative estimate of drug-likeness (QED) is 0.869. The smallest absolute Gasteiger partial charge is 0.237 e. The number of aryl methyl sites for hydroxylation is 1. The fraction of sp³-hybridized carbons (Fsp3) is 0.545. The molecule has 1 aromatic rings. The number of aromatic nitrogens is 1. The van der Waals surface area contributed by atoms with Crippen molar-refractivity contribution in [3.63, 3.8) is 0 Å². The minimum Gasteiger partial charge on any atom is -0.350 e. The molecule has 0 aliphatic rings. The minimum atomic E-state index is -0.575. The normalized spacial score (nSPS) is 12.2. The molecule has 0 saturated carbocycles. The van der Waals surface area contributed by atoms with Crippen LogP contribution in [-0.2, 0) is 11.3 Å². The molecule has 1 aromatic heterocycles. The van der Waals surface area contributed by atoms with Crippen molar-refractivity contribution in [2.24, 2.45) is 11.8 Å².